The van der Waals surface area contributed by atoms with Crippen molar-refractivity contribution >= 4 is 17.3 Å². The van der Waals surface area contributed by atoms with E-state index in [0.717, 1.165) is 17.7 Å². The van der Waals surface area contributed by atoms with Crippen molar-refractivity contribution in [3.63, 3.8) is 0 Å². The minimum atomic E-state index is -0.348. The molecule has 0 saturated heterocycles. The number of rotatable bonds is 7. The lowest BCUT2D eigenvalue weighted by molar-refractivity contribution is 0.0936. The van der Waals surface area contributed by atoms with Crippen molar-refractivity contribution in [1.82, 2.24) is 20.0 Å². The molecule has 2 amide bonds. The van der Waals surface area contributed by atoms with Crippen molar-refractivity contribution in [2.75, 3.05) is 7.11 Å². The number of methoxy groups -OCH3 is 1. The number of carbonyl (C=O) groups is 2. The number of hydrogen-bond donors (Lipinski definition) is 2. The van der Waals surface area contributed by atoms with E-state index < -0.39 is 0 Å². The fourth-order valence-corrected chi connectivity index (χ4v) is 2.76. The first kappa shape index (κ1) is 19.4. The Labute approximate surface area is 163 Å². The number of imidazole rings is 1. The largest absolute Gasteiger partial charge is 0.497 e. The van der Waals surface area contributed by atoms with Gasteiger partial charge in [-0.2, -0.15) is 0 Å². The predicted octanol–water partition coefficient (Wildman–Crippen LogP) is 2.80. The van der Waals surface area contributed by atoms with E-state index in [0.29, 0.717) is 12.1 Å². The van der Waals surface area contributed by atoms with Crippen LogP contribution in [0.3, 0.4) is 0 Å². The van der Waals surface area contributed by atoms with Crippen LogP contribution in [0.5, 0.6) is 5.75 Å². The lowest BCUT2D eigenvalue weighted by Crippen LogP contribution is -2.32. The van der Waals surface area contributed by atoms with Gasteiger partial charge in [0.05, 0.1) is 12.6 Å². The molecule has 1 unspecified atom stereocenters. The molecule has 0 aliphatic rings. The van der Waals surface area contributed by atoms with Crippen LogP contribution in [0, 0.1) is 0 Å². The summed E-state index contributed by atoms with van der Waals surface area (Å²) in [7, 11) is 1.61. The SMILES string of the molecule is CCC(C)NC(=O)c1nc(C(=O)NCc2ccc(OC)cc2)n2ccccc12. The van der Waals surface area contributed by atoms with Crippen LogP contribution < -0.4 is 15.4 Å². The average Bonchev–Trinajstić information content (AvgIpc) is 3.12. The molecule has 2 heterocycles. The first-order chi connectivity index (χ1) is 13.5. The van der Waals surface area contributed by atoms with Gasteiger partial charge >= 0.3 is 0 Å². The summed E-state index contributed by atoms with van der Waals surface area (Å²) in [5.74, 6) is 0.302. The van der Waals surface area contributed by atoms with Gasteiger partial charge < -0.3 is 15.4 Å². The summed E-state index contributed by atoms with van der Waals surface area (Å²) in [5.41, 5.74) is 1.78. The summed E-state index contributed by atoms with van der Waals surface area (Å²) >= 11 is 0. The summed E-state index contributed by atoms with van der Waals surface area (Å²) in [5, 5.41) is 5.75. The lowest BCUT2D eigenvalue weighted by Gasteiger charge is -2.09. The molecular weight excluding hydrogens is 356 g/mol. The predicted molar refractivity (Wildman–Crippen MR) is 107 cm³/mol. The van der Waals surface area contributed by atoms with Crippen LogP contribution in [0.4, 0.5) is 0 Å². The van der Waals surface area contributed by atoms with E-state index in [-0.39, 0.29) is 29.4 Å². The molecule has 28 heavy (non-hydrogen) atoms. The Hall–Kier alpha value is -3.35. The molecule has 0 radical (unpaired) electrons. The summed E-state index contributed by atoms with van der Waals surface area (Å²) < 4.78 is 6.77. The number of ether oxygens (including phenoxy) is 1. The van der Waals surface area contributed by atoms with Gasteiger partial charge in [0.25, 0.3) is 11.8 Å². The second-order valence-corrected chi connectivity index (χ2v) is 6.55. The first-order valence-electron chi connectivity index (χ1n) is 9.22. The summed E-state index contributed by atoms with van der Waals surface area (Å²) in [6, 6.07) is 12.9. The van der Waals surface area contributed by atoms with Gasteiger partial charge in [-0.25, -0.2) is 4.98 Å². The number of hydrogen-bond acceptors (Lipinski definition) is 4. The van der Waals surface area contributed by atoms with Gasteiger partial charge in [-0.05, 0) is 43.2 Å². The number of carbonyl (C=O) groups excluding carboxylic acids is 2. The van der Waals surface area contributed by atoms with E-state index in [9.17, 15) is 9.59 Å². The number of benzene rings is 1. The minimum absolute atomic E-state index is 0.0281. The monoisotopic (exact) mass is 380 g/mol. The number of nitrogens with one attached hydrogen (secondary N) is 2. The fraction of sp³-hybridized carbons (Fsp3) is 0.286. The smallest absolute Gasteiger partial charge is 0.287 e. The zero-order valence-electron chi connectivity index (χ0n) is 16.2. The zero-order valence-corrected chi connectivity index (χ0v) is 16.2. The van der Waals surface area contributed by atoms with Crippen LogP contribution >= 0.6 is 0 Å². The highest BCUT2D eigenvalue weighted by atomic mass is 16.5. The second kappa shape index (κ2) is 8.56. The molecule has 3 rings (SSSR count). The molecule has 146 valence electrons. The Balaban J connectivity index is 1.81. The Kier molecular flexibility index (Phi) is 5.93. The highest BCUT2D eigenvalue weighted by Crippen LogP contribution is 2.15. The lowest BCUT2D eigenvalue weighted by atomic mass is 10.2. The quantitative estimate of drug-likeness (QED) is 0.660. The minimum Gasteiger partial charge on any atom is -0.497 e. The Bertz CT molecular complexity index is 979. The molecular formula is C21H24N4O3. The number of nitrogens with zero attached hydrogens (tertiary/aromatic N) is 2. The number of pyridine rings is 1. The van der Waals surface area contributed by atoms with Crippen molar-refractivity contribution in [2.45, 2.75) is 32.9 Å². The van der Waals surface area contributed by atoms with Crippen molar-refractivity contribution < 1.29 is 14.3 Å². The molecule has 2 N–H and O–H groups in total. The van der Waals surface area contributed by atoms with Gasteiger partial charge in [-0.3, -0.25) is 14.0 Å². The third-order valence-electron chi connectivity index (χ3n) is 4.57. The topological polar surface area (TPSA) is 84.7 Å². The van der Waals surface area contributed by atoms with Gasteiger partial charge in [-0.1, -0.05) is 25.1 Å². The molecule has 0 aliphatic heterocycles. The number of amides is 2. The van der Waals surface area contributed by atoms with Gasteiger partial charge in [0, 0.05) is 18.8 Å². The van der Waals surface area contributed by atoms with Crippen molar-refractivity contribution in [3.8, 4) is 5.75 Å². The Morgan fingerprint density at radius 1 is 1.14 bits per heavy atom. The Morgan fingerprint density at radius 2 is 1.89 bits per heavy atom. The van der Waals surface area contributed by atoms with Gasteiger partial charge in [0.2, 0.25) is 5.82 Å². The Morgan fingerprint density at radius 3 is 2.57 bits per heavy atom. The second-order valence-electron chi connectivity index (χ2n) is 6.55. The molecule has 0 saturated carbocycles. The molecule has 2 aromatic heterocycles. The normalized spacial score (nSPS) is 11.8. The maximum absolute atomic E-state index is 12.7. The summed E-state index contributed by atoms with van der Waals surface area (Å²) in [6.45, 7) is 4.27. The van der Waals surface area contributed by atoms with Crippen LogP contribution in [0.25, 0.3) is 5.52 Å². The standard InChI is InChI=1S/C21H24N4O3/c1-4-14(2)23-20(26)18-17-7-5-6-12-25(17)19(24-18)21(27)22-13-15-8-10-16(28-3)11-9-15/h5-12,14H,4,13H2,1-3H3,(H,22,27)(H,23,26). The van der Waals surface area contributed by atoms with E-state index in [1.807, 2.05) is 44.2 Å². The maximum atomic E-state index is 12.7. The molecule has 7 heteroatoms. The van der Waals surface area contributed by atoms with Crippen molar-refractivity contribution in [1.29, 1.82) is 0 Å². The summed E-state index contributed by atoms with van der Waals surface area (Å²) in [4.78, 5) is 29.6. The highest BCUT2D eigenvalue weighted by molar-refractivity contribution is 6.02. The molecule has 0 spiro atoms. The van der Waals surface area contributed by atoms with Crippen molar-refractivity contribution in [2.24, 2.45) is 0 Å². The van der Waals surface area contributed by atoms with Gasteiger partial charge in [-0.15, -0.1) is 0 Å². The third kappa shape index (κ3) is 4.14. The zero-order chi connectivity index (χ0) is 20.1. The van der Waals surface area contributed by atoms with Gasteiger partial charge in [0.15, 0.2) is 5.69 Å². The number of fused-ring (bicyclic) bond motifs is 1. The first-order valence-corrected chi connectivity index (χ1v) is 9.22. The van der Waals surface area contributed by atoms with Crippen LogP contribution in [-0.2, 0) is 6.54 Å². The molecule has 0 bridgehead atoms. The van der Waals surface area contributed by atoms with Gasteiger partial charge in [0.1, 0.15) is 5.75 Å². The van der Waals surface area contributed by atoms with E-state index in [1.54, 1.807) is 29.8 Å². The molecule has 1 aromatic carbocycles. The van der Waals surface area contributed by atoms with Crippen LogP contribution in [-0.4, -0.2) is 34.4 Å². The van der Waals surface area contributed by atoms with Crippen molar-refractivity contribution in [3.05, 3.63) is 65.7 Å². The maximum Gasteiger partial charge on any atom is 0.287 e. The van der Waals surface area contributed by atoms with E-state index >= 15 is 0 Å². The summed E-state index contributed by atoms with van der Waals surface area (Å²) in [6.07, 6.45) is 2.54. The molecule has 7 nitrogen and oxygen atoms in total. The van der Waals surface area contributed by atoms with E-state index in [1.165, 1.54) is 0 Å². The van der Waals surface area contributed by atoms with Crippen LogP contribution in [0.15, 0.2) is 48.7 Å². The van der Waals surface area contributed by atoms with Crippen LogP contribution in [0.1, 0.15) is 46.9 Å². The van der Waals surface area contributed by atoms with E-state index in [4.69, 9.17) is 4.74 Å². The molecule has 3 aromatic rings. The average molecular weight is 380 g/mol. The molecule has 0 aliphatic carbocycles. The third-order valence-corrected chi connectivity index (χ3v) is 4.57. The van der Waals surface area contributed by atoms with E-state index in [2.05, 4.69) is 15.6 Å². The fourth-order valence-electron chi connectivity index (χ4n) is 2.76. The number of aromatic nitrogens is 2. The molecule has 1 atom stereocenters. The van der Waals surface area contributed by atoms with Crippen LogP contribution in [0.2, 0.25) is 0 Å². The molecule has 0 fully saturated rings. The highest BCUT2D eigenvalue weighted by Gasteiger charge is 2.21.